The summed E-state index contributed by atoms with van der Waals surface area (Å²) in [6.07, 6.45) is 1.87. The van der Waals surface area contributed by atoms with Crippen molar-refractivity contribution in [2.45, 2.75) is 6.92 Å². The third kappa shape index (κ3) is 2.08. The lowest BCUT2D eigenvalue weighted by atomic mass is 10.1. The zero-order valence-electron chi connectivity index (χ0n) is 10.3. The first-order chi connectivity index (χ1) is 9.16. The molecule has 0 saturated heterocycles. The van der Waals surface area contributed by atoms with Crippen LogP contribution in [-0.2, 0) is 0 Å². The number of hydrogen-bond donors (Lipinski definition) is 0. The monoisotopic (exact) mass is 314 g/mol. The van der Waals surface area contributed by atoms with Gasteiger partial charge in [-0.25, -0.2) is 4.98 Å². The fraction of sp³-hybridized carbons (Fsp3) is 0.0667. The van der Waals surface area contributed by atoms with Crippen molar-refractivity contribution in [3.8, 4) is 0 Å². The van der Waals surface area contributed by atoms with Gasteiger partial charge in [0.05, 0.1) is 5.69 Å². The summed E-state index contributed by atoms with van der Waals surface area (Å²) in [5.74, 6) is -0.0105. The number of pyridine rings is 1. The van der Waals surface area contributed by atoms with Crippen LogP contribution >= 0.6 is 15.9 Å². The number of rotatable bonds is 2. The van der Waals surface area contributed by atoms with Gasteiger partial charge in [0.25, 0.3) is 0 Å². The van der Waals surface area contributed by atoms with Gasteiger partial charge in [-0.1, -0.05) is 30.3 Å². The van der Waals surface area contributed by atoms with Crippen LogP contribution < -0.4 is 0 Å². The number of hydrogen-bond acceptors (Lipinski definition) is 2. The van der Waals surface area contributed by atoms with Crippen molar-refractivity contribution < 1.29 is 4.79 Å². The van der Waals surface area contributed by atoms with Crippen LogP contribution in [0.15, 0.2) is 53.1 Å². The third-order valence-corrected chi connectivity index (χ3v) is 3.48. The number of imidazole rings is 1. The highest BCUT2D eigenvalue weighted by Gasteiger charge is 2.17. The predicted octanol–water partition coefficient (Wildman–Crippen LogP) is 3.64. The van der Waals surface area contributed by atoms with Crippen molar-refractivity contribution in [3.05, 3.63) is 70.1 Å². The van der Waals surface area contributed by atoms with Crippen molar-refractivity contribution >= 4 is 27.4 Å². The summed E-state index contributed by atoms with van der Waals surface area (Å²) >= 11 is 3.42. The highest BCUT2D eigenvalue weighted by molar-refractivity contribution is 9.10. The summed E-state index contributed by atoms with van der Waals surface area (Å²) in [5, 5.41) is 0. The minimum atomic E-state index is -0.0105. The van der Waals surface area contributed by atoms with Crippen LogP contribution in [0.4, 0.5) is 0 Å². The number of halogens is 1. The molecule has 0 fully saturated rings. The maximum absolute atomic E-state index is 12.6. The number of ketones is 1. The molecule has 0 aliphatic rings. The summed E-state index contributed by atoms with van der Waals surface area (Å²) in [6.45, 7) is 1.86. The molecule has 0 amide bonds. The average Bonchev–Trinajstić information content (AvgIpc) is 2.74. The molecule has 0 atom stereocenters. The van der Waals surface area contributed by atoms with E-state index in [4.69, 9.17) is 0 Å². The summed E-state index contributed by atoms with van der Waals surface area (Å²) < 4.78 is 2.74. The summed E-state index contributed by atoms with van der Waals surface area (Å²) in [5.41, 5.74) is 2.81. The Labute approximate surface area is 119 Å². The molecule has 3 rings (SSSR count). The molecule has 0 bridgehead atoms. The number of aryl methyl sites for hydroxylation is 1. The maximum Gasteiger partial charge on any atom is 0.211 e. The summed E-state index contributed by atoms with van der Waals surface area (Å²) in [6, 6.07) is 13.1. The van der Waals surface area contributed by atoms with E-state index in [0.29, 0.717) is 11.3 Å². The highest BCUT2D eigenvalue weighted by Crippen LogP contribution is 2.19. The van der Waals surface area contributed by atoms with Crippen LogP contribution in [0.2, 0.25) is 0 Å². The molecule has 94 valence electrons. The summed E-state index contributed by atoms with van der Waals surface area (Å²) in [7, 11) is 0. The van der Waals surface area contributed by atoms with E-state index in [0.717, 1.165) is 15.8 Å². The number of aromatic nitrogens is 2. The second-order valence-electron chi connectivity index (χ2n) is 4.32. The van der Waals surface area contributed by atoms with Gasteiger partial charge in [-0.15, -0.1) is 0 Å². The molecule has 0 radical (unpaired) electrons. The first kappa shape index (κ1) is 12.1. The Morgan fingerprint density at radius 3 is 2.63 bits per heavy atom. The second-order valence-corrected chi connectivity index (χ2v) is 5.23. The highest BCUT2D eigenvalue weighted by atomic mass is 79.9. The van der Waals surface area contributed by atoms with Crippen LogP contribution in [0, 0.1) is 6.92 Å². The molecule has 0 unspecified atom stereocenters. The molecule has 19 heavy (non-hydrogen) atoms. The number of fused-ring (bicyclic) bond motifs is 1. The molecule has 0 aliphatic carbocycles. The van der Waals surface area contributed by atoms with Gasteiger partial charge in [0.15, 0.2) is 0 Å². The van der Waals surface area contributed by atoms with Crippen molar-refractivity contribution in [1.29, 1.82) is 0 Å². The standard InChI is InChI=1S/C15H11BrN2O/c1-10-14(15(19)11-5-3-2-4-6-11)18-9-12(16)7-8-13(18)17-10/h2-9H,1H3. The lowest BCUT2D eigenvalue weighted by Crippen LogP contribution is -2.06. The topological polar surface area (TPSA) is 34.4 Å². The Morgan fingerprint density at radius 1 is 1.16 bits per heavy atom. The largest absolute Gasteiger partial charge is 0.295 e. The Kier molecular flexibility index (Phi) is 2.95. The first-order valence-electron chi connectivity index (χ1n) is 5.91. The SMILES string of the molecule is Cc1nc2ccc(Br)cn2c1C(=O)c1ccccc1. The van der Waals surface area contributed by atoms with E-state index in [1.165, 1.54) is 0 Å². The zero-order valence-corrected chi connectivity index (χ0v) is 11.9. The molecule has 0 saturated carbocycles. The smallest absolute Gasteiger partial charge is 0.211 e. The van der Waals surface area contributed by atoms with E-state index < -0.39 is 0 Å². The fourth-order valence-electron chi connectivity index (χ4n) is 2.14. The van der Waals surface area contributed by atoms with Gasteiger partial charge in [-0.3, -0.25) is 9.20 Å². The number of carbonyl (C=O) groups excluding carboxylic acids is 1. The van der Waals surface area contributed by atoms with E-state index >= 15 is 0 Å². The van der Waals surface area contributed by atoms with Crippen LogP contribution in [0.1, 0.15) is 21.7 Å². The van der Waals surface area contributed by atoms with Gasteiger partial charge in [-0.2, -0.15) is 0 Å². The molecule has 0 aliphatic heterocycles. The van der Waals surface area contributed by atoms with Gasteiger partial charge in [0.2, 0.25) is 5.78 Å². The van der Waals surface area contributed by atoms with E-state index in [-0.39, 0.29) is 5.78 Å². The molecule has 2 heterocycles. The Hall–Kier alpha value is -1.94. The van der Waals surface area contributed by atoms with Gasteiger partial charge in [-0.05, 0) is 35.0 Å². The van der Waals surface area contributed by atoms with Crippen molar-refractivity contribution in [2.75, 3.05) is 0 Å². The van der Waals surface area contributed by atoms with Crippen LogP contribution in [0.3, 0.4) is 0 Å². The minimum absolute atomic E-state index is 0.0105. The third-order valence-electron chi connectivity index (χ3n) is 3.01. The van der Waals surface area contributed by atoms with Crippen molar-refractivity contribution in [1.82, 2.24) is 9.38 Å². The lowest BCUT2D eigenvalue weighted by molar-refractivity contribution is 0.103. The fourth-order valence-corrected chi connectivity index (χ4v) is 2.47. The average molecular weight is 315 g/mol. The molecule has 2 aromatic heterocycles. The van der Waals surface area contributed by atoms with E-state index in [1.807, 2.05) is 60.0 Å². The Morgan fingerprint density at radius 2 is 1.89 bits per heavy atom. The molecule has 0 N–H and O–H groups in total. The van der Waals surface area contributed by atoms with Crippen LogP contribution in [-0.4, -0.2) is 15.2 Å². The van der Waals surface area contributed by atoms with Gasteiger partial charge in [0, 0.05) is 16.2 Å². The van der Waals surface area contributed by atoms with E-state index in [9.17, 15) is 4.79 Å². The number of carbonyl (C=O) groups is 1. The molecule has 3 nitrogen and oxygen atoms in total. The first-order valence-corrected chi connectivity index (χ1v) is 6.70. The van der Waals surface area contributed by atoms with Crippen molar-refractivity contribution in [3.63, 3.8) is 0 Å². The lowest BCUT2D eigenvalue weighted by Gasteiger charge is -2.03. The van der Waals surface area contributed by atoms with Crippen molar-refractivity contribution in [2.24, 2.45) is 0 Å². The van der Waals surface area contributed by atoms with E-state index in [2.05, 4.69) is 20.9 Å². The van der Waals surface area contributed by atoms with Gasteiger partial charge < -0.3 is 0 Å². The summed E-state index contributed by atoms with van der Waals surface area (Å²) in [4.78, 5) is 17.0. The minimum Gasteiger partial charge on any atom is -0.295 e. The normalized spacial score (nSPS) is 10.8. The predicted molar refractivity (Wildman–Crippen MR) is 77.5 cm³/mol. The Bertz CT molecular complexity index is 762. The molecule has 1 aromatic carbocycles. The van der Waals surface area contributed by atoms with E-state index in [1.54, 1.807) is 0 Å². The quantitative estimate of drug-likeness (QED) is 0.677. The molecular weight excluding hydrogens is 304 g/mol. The van der Waals surface area contributed by atoms with Crippen LogP contribution in [0.5, 0.6) is 0 Å². The number of benzene rings is 1. The molecule has 4 heteroatoms. The molecule has 3 aromatic rings. The molecular formula is C15H11BrN2O. The Balaban J connectivity index is 2.22. The zero-order chi connectivity index (χ0) is 13.4. The molecule has 0 spiro atoms. The van der Waals surface area contributed by atoms with Gasteiger partial charge >= 0.3 is 0 Å². The van der Waals surface area contributed by atoms with Crippen LogP contribution in [0.25, 0.3) is 5.65 Å². The second kappa shape index (κ2) is 4.63. The number of nitrogens with zero attached hydrogens (tertiary/aromatic N) is 2. The maximum atomic E-state index is 12.6. The van der Waals surface area contributed by atoms with Gasteiger partial charge in [0.1, 0.15) is 11.3 Å².